The topological polar surface area (TPSA) is 41.3 Å². The second kappa shape index (κ2) is 6.68. The van der Waals surface area contributed by atoms with Crippen LogP contribution in [0.15, 0.2) is 22.7 Å². The molecule has 1 saturated heterocycles. The van der Waals surface area contributed by atoms with E-state index in [4.69, 9.17) is 18.0 Å². The normalized spacial score (nSPS) is 19.6. The third-order valence-corrected chi connectivity index (χ3v) is 4.56. The number of rotatable bonds is 5. The number of nitrogens with zero attached hydrogens (tertiary/aromatic N) is 1. The Morgan fingerprint density at radius 2 is 2.37 bits per heavy atom. The Hall–Kier alpha value is -0.650. The Bertz CT molecular complexity index is 464. The minimum Gasteiger partial charge on any atom is -0.389 e. The highest BCUT2D eigenvalue weighted by atomic mass is 79.9. The number of hydrogen-bond donors (Lipinski definition) is 2. The van der Waals surface area contributed by atoms with Gasteiger partial charge in [0.1, 0.15) is 4.99 Å². The van der Waals surface area contributed by atoms with Gasteiger partial charge in [-0.1, -0.05) is 25.2 Å². The van der Waals surface area contributed by atoms with E-state index in [1.165, 1.54) is 19.4 Å². The summed E-state index contributed by atoms with van der Waals surface area (Å²) in [4.78, 5) is 2.94. The lowest BCUT2D eigenvalue weighted by molar-refractivity contribution is 0.277. The van der Waals surface area contributed by atoms with Crippen LogP contribution >= 0.6 is 28.1 Å². The minimum atomic E-state index is 0.425. The van der Waals surface area contributed by atoms with Crippen molar-refractivity contribution in [1.29, 1.82) is 0 Å². The van der Waals surface area contributed by atoms with Crippen LogP contribution in [-0.4, -0.2) is 35.6 Å². The van der Waals surface area contributed by atoms with Crippen LogP contribution in [0.5, 0.6) is 0 Å². The molecule has 3 N–H and O–H groups in total. The van der Waals surface area contributed by atoms with E-state index < -0.39 is 0 Å². The molecule has 1 aromatic rings. The van der Waals surface area contributed by atoms with Gasteiger partial charge in [0, 0.05) is 28.3 Å². The predicted octanol–water partition coefficient (Wildman–Crippen LogP) is 2.98. The molecule has 0 aromatic heterocycles. The molecular weight excluding hydrogens is 322 g/mol. The van der Waals surface area contributed by atoms with Crippen LogP contribution in [0.1, 0.15) is 25.3 Å². The zero-order chi connectivity index (χ0) is 13.8. The Kier molecular flexibility index (Phi) is 5.19. The molecule has 0 spiro atoms. The molecule has 5 heteroatoms. The van der Waals surface area contributed by atoms with E-state index in [2.05, 4.69) is 33.1 Å². The van der Waals surface area contributed by atoms with Crippen molar-refractivity contribution < 1.29 is 0 Å². The van der Waals surface area contributed by atoms with Gasteiger partial charge in [0.25, 0.3) is 0 Å². The number of anilines is 1. The molecule has 1 aliphatic rings. The smallest absolute Gasteiger partial charge is 0.107 e. The summed E-state index contributed by atoms with van der Waals surface area (Å²) >= 11 is 8.64. The van der Waals surface area contributed by atoms with E-state index in [0.717, 1.165) is 28.8 Å². The summed E-state index contributed by atoms with van der Waals surface area (Å²) in [6, 6.07) is 6.61. The first-order chi connectivity index (χ1) is 9.13. The van der Waals surface area contributed by atoms with Crippen LogP contribution in [0.4, 0.5) is 5.69 Å². The summed E-state index contributed by atoms with van der Waals surface area (Å²) in [5, 5.41) is 3.50. The first kappa shape index (κ1) is 14.8. The van der Waals surface area contributed by atoms with Crippen molar-refractivity contribution in [3.05, 3.63) is 28.2 Å². The Labute approximate surface area is 128 Å². The van der Waals surface area contributed by atoms with E-state index in [9.17, 15) is 0 Å². The maximum absolute atomic E-state index is 5.80. The number of nitrogens with one attached hydrogen (secondary N) is 1. The molecule has 3 nitrogen and oxygen atoms in total. The van der Waals surface area contributed by atoms with Crippen LogP contribution in [0.3, 0.4) is 0 Å². The quantitative estimate of drug-likeness (QED) is 0.808. The van der Waals surface area contributed by atoms with Gasteiger partial charge in [-0.15, -0.1) is 0 Å². The summed E-state index contributed by atoms with van der Waals surface area (Å²) in [6.45, 7) is 5.49. The molecule has 1 atom stereocenters. The maximum atomic E-state index is 5.80. The first-order valence-electron chi connectivity index (χ1n) is 6.69. The van der Waals surface area contributed by atoms with Gasteiger partial charge in [-0.25, -0.2) is 0 Å². The number of benzene rings is 1. The van der Waals surface area contributed by atoms with Gasteiger partial charge in [-0.05, 0) is 54.0 Å². The fourth-order valence-corrected chi connectivity index (χ4v) is 3.62. The summed E-state index contributed by atoms with van der Waals surface area (Å²) in [6.07, 6.45) is 2.55. The summed E-state index contributed by atoms with van der Waals surface area (Å²) < 4.78 is 0.948. The van der Waals surface area contributed by atoms with E-state index in [0.29, 0.717) is 11.0 Å². The molecule has 2 rings (SSSR count). The second-order valence-corrected chi connectivity index (χ2v) is 6.13. The summed E-state index contributed by atoms with van der Waals surface area (Å²) in [5.74, 6) is 0. The fourth-order valence-electron chi connectivity index (χ4n) is 2.69. The molecule has 0 bridgehead atoms. The lowest BCUT2D eigenvalue weighted by Gasteiger charge is -2.24. The van der Waals surface area contributed by atoms with Gasteiger partial charge in [0.05, 0.1) is 0 Å². The monoisotopic (exact) mass is 341 g/mol. The zero-order valence-corrected chi connectivity index (χ0v) is 13.6. The van der Waals surface area contributed by atoms with Crippen molar-refractivity contribution in [3.63, 3.8) is 0 Å². The van der Waals surface area contributed by atoms with Crippen molar-refractivity contribution >= 4 is 38.8 Å². The van der Waals surface area contributed by atoms with E-state index >= 15 is 0 Å². The molecule has 104 valence electrons. The van der Waals surface area contributed by atoms with Gasteiger partial charge in [-0.2, -0.15) is 0 Å². The van der Waals surface area contributed by atoms with E-state index in [-0.39, 0.29) is 0 Å². The molecule has 1 fully saturated rings. The van der Waals surface area contributed by atoms with Crippen molar-refractivity contribution in [2.24, 2.45) is 5.73 Å². The largest absolute Gasteiger partial charge is 0.389 e. The molecule has 0 amide bonds. The fraction of sp³-hybridized carbons (Fsp3) is 0.500. The average Bonchev–Trinajstić information content (AvgIpc) is 2.83. The number of thiocarbonyl (C=S) groups is 1. The van der Waals surface area contributed by atoms with Crippen molar-refractivity contribution in [2.45, 2.75) is 25.8 Å². The molecule has 1 heterocycles. The third kappa shape index (κ3) is 3.46. The number of nitrogens with two attached hydrogens (primary N) is 1. The van der Waals surface area contributed by atoms with E-state index in [1.54, 1.807) is 0 Å². The van der Waals surface area contributed by atoms with Gasteiger partial charge in [-0.3, -0.25) is 4.90 Å². The van der Waals surface area contributed by atoms with Crippen LogP contribution in [-0.2, 0) is 0 Å². The maximum Gasteiger partial charge on any atom is 0.107 e. The van der Waals surface area contributed by atoms with Crippen LogP contribution in [0.2, 0.25) is 0 Å². The second-order valence-electron chi connectivity index (χ2n) is 4.83. The molecule has 19 heavy (non-hydrogen) atoms. The minimum absolute atomic E-state index is 0.425. The van der Waals surface area contributed by atoms with Crippen molar-refractivity contribution in [1.82, 2.24) is 4.90 Å². The molecule has 1 aromatic carbocycles. The zero-order valence-electron chi connectivity index (χ0n) is 11.2. The van der Waals surface area contributed by atoms with Crippen molar-refractivity contribution in [3.8, 4) is 0 Å². The molecule has 0 radical (unpaired) electrons. The SMILES string of the molecule is CCN1CCCC1CNc1cccc(Br)c1C(N)=S. The molecule has 0 aliphatic carbocycles. The highest BCUT2D eigenvalue weighted by Crippen LogP contribution is 2.25. The lowest BCUT2D eigenvalue weighted by Crippen LogP contribution is -2.35. The van der Waals surface area contributed by atoms with Gasteiger partial charge >= 0.3 is 0 Å². The van der Waals surface area contributed by atoms with Crippen LogP contribution in [0, 0.1) is 0 Å². The van der Waals surface area contributed by atoms with Gasteiger partial charge in [0.15, 0.2) is 0 Å². The lowest BCUT2D eigenvalue weighted by atomic mass is 10.1. The third-order valence-electron chi connectivity index (χ3n) is 3.69. The highest BCUT2D eigenvalue weighted by molar-refractivity contribution is 9.10. The molecule has 0 saturated carbocycles. The van der Waals surface area contributed by atoms with Gasteiger partial charge in [0.2, 0.25) is 0 Å². The van der Waals surface area contributed by atoms with Gasteiger partial charge < -0.3 is 11.1 Å². The van der Waals surface area contributed by atoms with Crippen molar-refractivity contribution in [2.75, 3.05) is 25.0 Å². The Balaban J connectivity index is 2.07. The molecule has 1 aliphatic heterocycles. The predicted molar refractivity (Wildman–Crippen MR) is 88.8 cm³/mol. The first-order valence-corrected chi connectivity index (χ1v) is 7.89. The van der Waals surface area contributed by atoms with E-state index in [1.807, 2.05) is 18.2 Å². The Morgan fingerprint density at radius 3 is 3.05 bits per heavy atom. The Morgan fingerprint density at radius 1 is 1.58 bits per heavy atom. The van der Waals surface area contributed by atoms with Crippen LogP contribution in [0.25, 0.3) is 0 Å². The number of hydrogen-bond acceptors (Lipinski definition) is 3. The van der Waals surface area contributed by atoms with Crippen LogP contribution < -0.4 is 11.1 Å². The average molecular weight is 342 g/mol. The standard InChI is InChI=1S/C14H20BrN3S/c1-2-18-8-4-5-10(18)9-17-12-7-3-6-11(15)13(12)14(16)19/h3,6-7,10,17H,2,4-5,8-9H2,1H3,(H2,16,19). The summed E-state index contributed by atoms with van der Waals surface area (Å²) in [5.41, 5.74) is 7.72. The molecular formula is C14H20BrN3S. The number of likely N-dealkylation sites (N-methyl/N-ethyl adjacent to an activating group) is 1. The molecule has 1 unspecified atom stereocenters. The summed E-state index contributed by atoms with van der Waals surface area (Å²) in [7, 11) is 0. The number of halogens is 1. The highest BCUT2D eigenvalue weighted by Gasteiger charge is 2.22. The number of likely N-dealkylation sites (tertiary alicyclic amines) is 1.